The van der Waals surface area contributed by atoms with E-state index in [1.54, 1.807) is 36.4 Å². The van der Waals surface area contributed by atoms with Gasteiger partial charge in [0.1, 0.15) is 17.1 Å². The van der Waals surface area contributed by atoms with Gasteiger partial charge in [0.25, 0.3) is 10.0 Å². The molecule has 0 bridgehead atoms. The van der Waals surface area contributed by atoms with E-state index in [2.05, 4.69) is 5.10 Å². The number of carbonyl (C=O) groups is 1. The van der Waals surface area contributed by atoms with Gasteiger partial charge in [-0.05, 0) is 35.7 Å². The van der Waals surface area contributed by atoms with E-state index >= 15 is 0 Å². The molecule has 3 aromatic carbocycles. The van der Waals surface area contributed by atoms with Crippen molar-refractivity contribution in [1.82, 2.24) is 19.1 Å². The molecule has 5 rings (SSSR count). The number of halogens is 5. The topological polar surface area (TPSA) is 116 Å². The molecule has 15 heteroatoms. The maximum absolute atomic E-state index is 13.8. The van der Waals surface area contributed by atoms with Crippen LogP contribution in [0.4, 0.5) is 13.2 Å². The number of alkyl halides is 3. The summed E-state index contributed by atoms with van der Waals surface area (Å²) in [6, 6.07) is 17.5. The van der Waals surface area contributed by atoms with Crippen molar-refractivity contribution in [2.45, 2.75) is 43.8 Å². The van der Waals surface area contributed by atoms with E-state index in [0.717, 1.165) is 24.8 Å². The number of carbonyl (C=O) groups excluding carboxylic acids is 1. The Bertz CT molecular complexity index is 2070. The highest BCUT2D eigenvalue weighted by molar-refractivity contribution is 7.90. The van der Waals surface area contributed by atoms with Crippen molar-refractivity contribution in [1.29, 1.82) is 0 Å². The van der Waals surface area contributed by atoms with Crippen LogP contribution in [-0.2, 0) is 29.2 Å². The lowest BCUT2D eigenvalue weighted by Crippen LogP contribution is -2.31. The van der Waals surface area contributed by atoms with Crippen LogP contribution in [0.1, 0.15) is 47.3 Å². The summed E-state index contributed by atoms with van der Waals surface area (Å²) in [4.78, 5) is 26.2. The molecule has 0 aliphatic carbocycles. The van der Waals surface area contributed by atoms with Gasteiger partial charge in [-0.2, -0.15) is 17.9 Å². The van der Waals surface area contributed by atoms with Crippen LogP contribution in [0.5, 0.6) is 0 Å². The SMILES string of the molecule is CCCCc1nn(-c2ccccc2C(F)(F)F)c(=O)n1Cc1ccc(-c2ccccc2)c(S(=O)(=O)NC(=O)c2occ(Cl)c2Cl)c1. The van der Waals surface area contributed by atoms with Crippen molar-refractivity contribution in [3.05, 3.63) is 122 Å². The predicted octanol–water partition coefficient (Wildman–Crippen LogP) is 7.13. The van der Waals surface area contributed by atoms with Crippen molar-refractivity contribution in [2.75, 3.05) is 0 Å². The van der Waals surface area contributed by atoms with Gasteiger partial charge in [-0.25, -0.2) is 17.9 Å². The Labute approximate surface area is 271 Å². The number of hydrogen-bond acceptors (Lipinski definition) is 6. The zero-order chi connectivity index (χ0) is 33.2. The Balaban J connectivity index is 1.60. The average molecular weight is 694 g/mol. The predicted molar refractivity (Wildman–Crippen MR) is 166 cm³/mol. The van der Waals surface area contributed by atoms with Gasteiger partial charge in [-0.3, -0.25) is 9.36 Å². The van der Waals surface area contributed by atoms with Gasteiger partial charge in [0.2, 0.25) is 5.76 Å². The van der Waals surface area contributed by atoms with Crippen LogP contribution in [0.2, 0.25) is 10.0 Å². The molecule has 0 aliphatic rings. The number of aromatic nitrogens is 3. The normalized spacial score (nSPS) is 12.0. The minimum Gasteiger partial charge on any atom is -0.456 e. The Kier molecular flexibility index (Phi) is 9.47. The third kappa shape index (κ3) is 6.76. The molecule has 0 fully saturated rings. The fourth-order valence-corrected chi connectivity index (χ4v) is 6.33. The van der Waals surface area contributed by atoms with Crippen molar-refractivity contribution < 1.29 is 30.8 Å². The molecule has 0 saturated carbocycles. The smallest absolute Gasteiger partial charge is 0.418 e. The molecule has 0 unspecified atom stereocenters. The van der Waals surface area contributed by atoms with Crippen molar-refractivity contribution in [3.8, 4) is 16.8 Å². The van der Waals surface area contributed by atoms with Crippen LogP contribution in [0.3, 0.4) is 0 Å². The molecule has 46 heavy (non-hydrogen) atoms. The molecule has 0 aliphatic heterocycles. The highest BCUT2D eigenvalue weighted by Crippen LogP contribution is 2.34. The van der Waals surface area contributed by atoms with E-state index in [0.29, 0.717) is 22.2 Å². The molecule has 0 saturated heterocycles. The second kappa shape index (κ2) is 13.2. The van der Waals surface area contributed by atoms with Crippen LogP contribution in [0.25, 0.3) is 16.8 Å². The van der Waals surface area contributed by atoms with Gasteiger partial charge in [-0.1, -0.05) is 91.1 Å². The van der Waals surface area contributed by atoms with Crippen LogP contribution >= 0.6 is 23.2 Å². The highest BCUT2D eigenvalue weighted by atomic mass is 35.5. The minimum absolute atomic E-state index is 0.0843. The van der Waals surface area contributed by atoms with E-state index < -0.39 is 44.8 Å². The number of furan rings is 1. The van der Waals surface area contributed by atoms with Crippen LogP contribution < -0.4 is 10.4 Å². The lowest BCUT2D eigenvalue weighted by atomic mass is 10.0. The van der Waals surface area contributed by atoms with Crippen molar-refractivity contribution in [3.63, 3.8) is 0 Å². The Morgan fingerprint density at radius 1 is 1.02 bits per heavy atom. The summed E-state index contributed by atoms with van der Waals surface area (Å²) in [5.41, 5.74) is -1.25. The molecular formula is C31H25Cl2F3N4O5S. The fraction of sp³-hybridized carbons (Fsp3) is 0.194. The largest absolute Gasteiger partial charge is 0.456 e. The van der Waals surface area contributed by atoms with Crippen LogP contribution in [-0.4, -0.2) is 28.7 Å². The molecule has 2 heterocycles. The summed E-state index contributed by atoms with van der Waals surface area (Å²) < 4.78 is 77.7. The van der Waals surface area contributed by atoms with E-state index in [1.165, 1.54) is 28.8 Å². The summed E-state index contributed by atoms with van der Waals surface area (Å²) in [6.45, 7) is 1.69. The first kappa shape index (κ1) is 33.0. The Morgan fingerprint density at radius 2 is 1.72 bits per heavy atom. The minimum atomic E-state index is -4.74. The van der Waals surface area contributed by atoms with E-state index in [1.807, 2.05) is 11.6 Å². The standard InChI is InChI=1S/C31H25Cl2F3N4O5S/c1-2-3-13-26-37-40(24-12-8-7-11-22(24)31(34,35)36)30(42)39(26)17-19-14-15-21(20-9-5-4-6-10-20)25(16-19)46(43,44)38-29(41)28-27(33)23(32)18-45-28/h4-12,14-16,18H,2-3,13,17H2,1H3,(H,38,41). The molecule has 0 atom stereocenters. The number of unbranched alkanes of at least 4 members (excludes halogenated alkanes) is 1. The zero-order valence-electron chi connectivity index (χ0n) is 24.0. The number of benzene rings is 3. The number of aryl methyl sites for hydroxylation is 1. The number of para-hydroxylation sites is 1. The van der Waals surface area contributed by atoms with E-state index in [4.69, 9.17) is 27.6 Å². The average Bonchev–Trinajstić information content (AvgIpc) is 3.53. The number of nitrogens with zero attached hydrogens (tertiary/aromatic N) is 3. The summed E-state index contributed by atoms with van der Waals surface area (Å²) in [7, 11) is -4.60. The van der Waals surface area contributed by atoms with Crippen molar-refractivity contribution in [2.24, 2.45) is 0 Å². The van der Waals surface area contributed by atoms with Crippen LogP contribution in [0, 0.1) is 0 Å². The second-order valence-electron chi connectivity index (χ2n) is 10.2. The van der Waals surface area contributed by atoms with Gasteiger partial charge < -0.3 is 4.42 Å². The monoisotopic (exact) mass is 692 g/mol. The van der Waals surface area contributed by atoms with Gasteiger partial charge in [0, 0.05) is 12.0 Å². The fourth-order valence-electron chi connectivity index (χ4n) is 4.80. The first-order chi connectivity index (χ1) is 21.8. The number of rotatable bonds is 10. The maximum Gasteiger partial charge on any atom is 0.418 e. The van der Waals surface area contributed by atoms with E-state index in [9.17, 15) is 31.2 Å². The number of hydrogen-bond donors (Lipinski definition) is 1. The molecule has 1 N–H and O–H groups in total. The third-order valence-corrected chi connectivity index (χ3v) is 9.14. The van der Waals surface area contributed by atoms with E-state index in [-0.39, 0.29) is 39.3 Å². The molecule has 2 aromatic heterocycles. The number of amides is 1. The molecule has 1 amide bonds. The molecule has 240 valence electrons. The van der Waals surface area contributed by atoms with Gasteiger partial charge in [0.15, 0.2) is 0 Å². The Morgan fingerprint density at radius 3 is 2.37 bits per heavy atom. The third-order valence-electron chi connectivity index (χ3n) is 7.01. The summed E-state index contributed by atoms with van der Waals surface area (Å²) in [5.74, 6) is -1.45. The second-order valence-corrected chi connectivity index (χ2v) is 12.6. The Hall–Kier alpha value is -4.33. The molecule has 9 nitrogen and oxygen atoms in total. The summed E-state index contributed by atoms with van der Waals surface area (Å²) in [5, 5.41) is 3.91. The summed E-state index contributed by atoms with van der Waals surface area (Å²) >= 11 is 11.8. The number of nitrogens with one attached hydrogen (secondary N) is 1. The van der Waals surface area contributed by atoms with Gasteiger partial charge in [0.05, 0.1) is 27.7 Å². The lowest BCUT2D eigenvalue weighted by molar-refractivity contribution is -0.137. The molecule has 0 spiro atoms. The maximum atomic E-state index is 13.8. The molecule has 0 radical (unpaired) electrons. The first-order valence-corrected chi connectivity index (χ1v) is 16.1. The summed E-state index contributed by atoms with van der Waals surface area (Å²) in [6.07, 6.45) is -2.16. The lowest BCUT2D eigenvalue weighted by Gasteiger charge is -2.14. The zero-order valence-corrected chi connectivity index (χ0v) is 26.3. The van der Waals surface area contributed by atoms with Crippen molar-refractivity contribution >= 4 is 39.1 Å². The number of sulfonamides is 1. The molecular weight excluding hydrogens is 668 g/mol. The quantitative estimate of drug-likeness (QED) is 0.167. The molecule has 5 aromatic rings. The van der Waals surface area contributed by atoms with Gasteiger partial charge >= 0.3 is 17.8 Å². The highest BCUT2D eigenvalue weighted by Gasteiger charge is 2.35. The van der Waals surface area contributed by atoms with Gasteiger partial charge in [-0.15, -0.1) is 5.10 Å². The first-order valence-electron chi connectivity index (χ1n) is 13.8. The van der Waals surface area contributed by atoms with Crippen LogP contribution in [0.15, 0.2) is 93.2 Å².